The smallest absolute Gasteiger partial charge is 0.329 e. The maximum Gasteiger partial charge on any atom is 0.329 e. The molecule has 2 bridgehead atoms. The van der Waals surface area contributed by atoms with Crippen LogP contribution in [0.15, 0.2) is 66.7 Å². The molecule has 3 aromatic rings. The fourth-order valence-corrected chi connectivity index (χ4v) is 6.55. The highest BCUT2D eigenvalue weighted by Crippen LogP contribution is 2.61. The first-order valence-electron chi connectivity index (χ1n) is 12.6. The van der Waals surface area contributed by atoms with E-state index in [-0.39, 0.29) is 23.7 Å². The fourth-order valence-electron chi connectivity index (χ4n) is 6.37. The van der Waals surface area contributed by atoms with Crippen LogP contribution in [0.25, 0.3) is 0 Å². The van der Waals surface area contributed by atoms with Gasteiger partial charge < -0.3 is 10.1 Å². The molecule has 192 valence electrons. The number of benzene rings is 3. The Balaban J connectivity index is 1.21. The van der Waals surface area contributed by atoms with Crippen molar-refractivity contribution in [1.29, 1.82) is 0 Å². The number of ether oxygens (including phenoxy) is 1. The third-order valence-corrected chi connectivity index (χ3v) is 8.51. The van der Waals surface area contributed by atoms with Gasteiger partial charge in [0, 0.05) is 22.5 Å². The van der Waals surface area contributed by atoms with E-state index in [0.717, 1.165) is 27.2 Å². The van der Waals surface area contributed by atoms with Gasteiger partial charge in [-0.25, -0.2) is 4.79 Å². The molecule has 0 spiro atoms. The predicted octanol–water partition coefficient (Wildman–Crippen LogP) is 4.41. The zero-order valence-corrected chi connectivity index (χ0v) is 21.6. The third kappa shape index (κ3) is 3.56. The molecule has 1 fully saturated rings. The van der Waals surface area contributed by atoms with Crippen molar-refractivity contribution in [2.24, 2.45) is 11.8 Å². The summed E-state index contributed by atoms with van der Waals surface area (Å²) in [6.45, 7) is 2.68. The van der Waals surface area contributed by atoms with Crippen molar-refractivity contribution in [2.75, 3.05) is 11.9 Å². The quantitative estimate of drug-likeness (QED) is 0.391. The Morgan fingerprint density at radius 3 is 1.87 bits per heavy atom. The number of nitrogens with zero attached hydrogens (tertiary/aromatic N) is 1. The van der Waals surface area contributed by atoms with Gasteiger partial charge >= 0.3 is 5.97 Å². The molecule has 1 N–H and O–H groups in total. The van der Waals surface area contributed by atoms with Gasteiger partial charge in [0.2, 0.25) is 11.8 Å². The Kier molecular flexibility index (Phi) is 5.83. The lowest BCUT2D eigenvalue weighted by atomic mass is 9.55. The number of rotatable bonds is 5. The molecule has 3 aliphatic carbocycles. The minimum atomic E-state index is -1.16. The molecule has 0 unspecified atom stereocenters. The van der Waals surface area contributed by atoms with E-state index in [1.54, 1.807) is 25.1 Å². The SMILES string of the molecule is Cc1c(Cl)cccc1NC(=O)COC(=O)[C@H](C)N1C(=O)[C@H]2C3c4ccccc4C(c4ccccc43)[C@@H]2C1=O. The highest BCUT2D eigenvalue weighted by atomic mass is 35.5. The summed E-state index contributed by atoms with van der Waals surface area (Å²) < 4.78 is 5.23. The second kappa shape index (κ2) is 9.10. The molecule has 7 nitrogen and oxygen atoms in total. The van der Waals surface area contributed by atoms with Crippen LogP contribution in [-0.4, -0.2) is 41.2 Å². The fraction of sp³-hybridized carbons (Fsp3) is 0.267. The van der Waals surface area contributed by atoms with E-state index in [1.165, 1.54) is 6.92 Å². The zero-order chi connectivity index (χ0) is 26.7. The topological polar surface area (TPSA) is 92.8 Å². The molecule has 0 radical (unpaired) electrons. The van der Waals surface area contributed by atoms with Crippen LogP contribution < -0.4 is 5.32 Å². The molecule has 3 atom stereocenters. The van der Waals surface area contributed by atoms with Crippen molar-refractivity contribution in [3.8, 4) is 0 Å². The lowest BCUT2D eigenvalue weighted by Gasteiger charge is -2.45. The number of amides is 3. The van der Waals surface area contributed by atoms with Gasteiger partial charge in [0.1, 0.15) is 6.04 Å². The molecule has 3 aromatic carbocycles. The number of likely N-dealkylation sites (tertiary alicyclic amines) is 1. The highest BCUT2D eigenvalue weighted by Gasteiger charge is 2.62. The van der Waals surface area contributed by atoms with Crippen molar-refractivity contribution in [3.63, 3.8) is 0 Å². The van der Waals surface area contributed by atoms with Crippen LogP contribution >= 0.6 is 11.6 Å². The molecule has 3 amide bonds. The molecule has 4 aliphatic rings. The summed E-state index contributed by atoms with van der Waals surface area (Å²) in [5, 5.41) is 3.16. The van der Waals surface area contributed by atoms with Crippen LogP contribution in [0.1, 0.15) is 46.6 Å². The summed E-state index contributed by atoms with van der Waals surface area (Å²) in [5.41, 5.74) is 5.43. The standard InChI is InChI=1S/C30H25ClN2O5/c1-15-21(31)12-7-13-22(15)32-23(34)14-38-30(37)16(2)33-28(35)26-24-17-8-3-4-9-18(17)25(27(26)29(33)36)20-11-6-5-10-19(20)24/h3-13,16,24-27H,14H2,1-2H3,(H,32,34)/t16-,24?,25?,26-,27-/m0/s1. The van der Waals surface area contributed by atoms with Crippen LogP contribution in [0.2, 0.25) is 5.02 Å². The van der Waals surface area contributed by atoms with E-state index in [9.17, 15) is 19.2 Å². The molecule has 1 aliphatic heterocycles. The zero-order valence-electron chi connectivity index (χ0n) is 20.8. The Morgan fingerprint density at radius 1 is 0.868 bits per heavy atom. The second-order valence-corrected chi connectivity index (χ2v) is 10.5. The maximum atomic E-state index is 13.8. The minimum Gasteiger partial charge on any atom is -0.454 e. The van der Waals surface area contributed by atoms with Crippen molar-refractivity contribution in [2.45, 2.75) is 31.7 Å². The van der Waals surface area contributed by atoms with Crippen molar-refractivity contribution < 1.29 is 23.9 Å². The van der Waals surface area contributed by atoms with Gasteiger partial charge in [0.25, 0.3) is 5.91 Å². The number of halogens is 1. The number of hydrogen-bond donors (Lipinski definition) is 1. The number of nitrogens with one attached hydrogen (secondary N) is 1. The minimum absolute atomic E-state index is 0.256. The average Bonchev–Trinajstić information content (AvgIpc) is 3.19. The lowest BCUT2D eigenvalue weighted by Crippen LogP contribution is -2.45. The molecular formula is C30H25ClN2O5. The number of esters is 1. The van der Waals surface area contributed by atoms with Gasteiger partial charge in [-0.2, -0.15) is 0 Å². The number of imide groups is 1. The first-order chi connectivity index (χ1) is 18.3. The summed E-state index contributed by atoms with van der Waals surface area (Å²) in [4.78, 5) is 53.9. The first-order valence-corrected chi connectivity index (χ1v) is 12.9. The van der Waals surface area contributed by atoms with E-state index < -0.39 is 36.4 Å². The summed E-state index contributed by atoms with van der Waals surface area (Å²) in [6.07, 6.45) is 0. The molecular weight excluding hydrogens is 504 g/mol. The van der Waals surface area contributed by atoms with Crippen molar-refractivity contribution >= 4 is 41.0 Å². The molecule has 38 heavy (non-hydrogen) atoms. The number of hydrogen-bond acceptors (Lipinski definition) is 5. The Bertz CT molecular complexity index is 1400. The highest BCUT2D eigenvalue weighted by molar-refractivity contribution is 6.31. The van der Waals surface area contributed by atoms with E-state index >= 15 is 0 Å². The monoisotopic (exact) mass is 528 g/mol. The first kappa shape index (κ1) is 24.4. The number of anilines is 1. The van der Waals surface area contributed by atoms with Gasteiger partial charge in [0.15, 0.2) is 6.61 Å². The van der Waals surface area contributed by atoms with Crippen LogP contribution in [0.5, 0.6) is 0 Å². The molecule has 0 aromatic heterocycles. The number of carbonyl (C=O) groups is 4. The molecule has 7 rings (SSSR count). The third-order valence-electron chi connectivity index (χ3n) is 8.10. The molecule has 1 saturated heterocycles. The van der Waals surface area contributed by atoms with Gasteiger partial charge in [-0.1, -0.05) is 66.2 Å². The summed E-state index contributed by atoms with van der Waals surface area (Å²) in [7, 11) is 0. The van der Waals surface area contributed by atoms with E-state index in [4.69, 9.17) is 16.3 Å². The Hall–Kier alpha value is -3.97. The predicted molar refractivity (Wildman–Crippen MR) is 141 cm³/mol. The second-order valence-electron chi connectivity index (χ2n) is 10.1. The van der Waals surface area contributed by atoms with Crippen LogP contribution in [-0.2, 0) is 23.9 Å². The van der Waals surface area contributed by atoms with E-state index in [1.807, 2.05) is 48.5 Å². The van der Waals surface area contributed by atoms with E-state index in [0.29, 0.717) is 16.3 Å². The van der Waals surface area contributed by atoms with Crippen molar-refractivity contribution in [3.05, 3.63) is 99.6 Å². The summed E-state index contributed by atoms with van der Waals surface area (Å²) >= 11 is 6.10. The largest absolute Gasteiger partial charge is 0.454 e. The summed E-state index contributed by atoms with van der Waals surface area (Å²) in [5.74, 6) is -3.78. The van der Waals surface area contributed by atoms with Crippen LogP contribution in [0, 0.1) is 18.8 Å². The lowest BCUT2D eigenvalue weighted by molar-refractivity contribution is -0.159. The Morgan fingerprint density at radius 2 is 1.37 bits per heavy atom. The van der Waals surface area contributed by atoms with Crippen LogP contribution in [0.4, 0.5) is 5.69 Å². The van der Waals surface area contributed by atoms with Gasteiger partial charge in [-0.3, -0.25) is 19.3 Å². The molecule has 1 heterocycles. The molecule has 0 saturated carbocycles. The molecule has 8 heteroatoms. The van der Waals surface area contributed by atoms with Crippen molar-refractivity contribution in [1.82, 2.24) is 4.90 Å². The van der Waals surface area contributed by atoms with Gasteiger partial charge in [-0.05, 0) is 53.8 Å². The van der Waals surface area contributed by atoms with Crippen LogP contribution in [0.3, 0.4) is 0 Å². The van der Waals surface area contributed by atoms with Gasteiger partial charge in [0.05, 0.1) is 11.8 Å². The maximum absolute atomic E-state index is 13.8. The Labute approximate surface area is 224 Å². The van der Waals surface area contributed by atoms with E-state index in [2.05, 4.69) is 5.32 Å². The van der Waals surface area contributed by atoms with Gasteiger partial charge in [-0.15, -0.1) is 0 Å². The average molecular weight is 529 g/mol. The normalized spacial score (nSPS) is 23.4. The summed E-state index contributed by atoms with van der Waals surface area (Å²) in [6, 6.07) is 19.8. The number of carbonyl (C=O) groups excluding carboxylic acids is 4.